The van der Waals surface area contributed by atoms with Crippen LogP contribution >= 0.6 is 0 Å². The predicted octanol–water partition coefficient (Wildman–Crippen LogP) is 4.74. The number of nitrogens with zero attached hydrogens (tertiary/aromatic N) is 2. The first kappa shape index (κ1) is 18.4. The zero-order chi connectivity index (χ0) is 20.5. The number of non-ortho nitro benzene ring substituents is 1. The second-order valence-electron chi connectivity index (χ2n) is 6.63. The molecule has 1 aliphatic heterocycles. The van der Waals surface area contributed by atoms with Gasteiger partial charge in [-0.1, -0.05) is 36.4 Å². The molecule has 29 heavy (non-hydrogen) atoms. The van der Waals surface area contributed by atoms with Gasteiger partial charge in [0.2, 0.25) is 0 Å². The summed E-state index contributed by atoms with van der Waals surface area (Å²) < 4.78 is 5.67. The zero-order valence-electron chi connectivity index (χ0n) is 15.4. The number of nitro groups is 1. The molecule has 7 nitrogen and oxygen atoms in total. The molecule has 1 heterocycles. The lowest BCUT2D eigenvalue weighted by Crippen LogP contribution is -2.32. The molecule has 0 spiro atoms. The van der Waals surface area contributed by atoms with Crippen LogP contribution in [0.5, 0.6) is 11.5 Å². The number of amides is 2. The van der Waals surface area contributed by atoms with Crippen molar-refractivity contribution in [2.24, 2.45) is 0 Å². The maximum atomic E-state index is 12.9. The molecule has 144 valence electrons. The van der Waals surface area contributed by atoms with Crippen molar-refractivity contribution in [1.82, 2.24) is 4.90 Å². The summed E-state index contributed by atoms with van der Waals surface area (Å²) in [6, 6.07) is 19.3. The number of rotatable bonds is 5. The normalized spacial score (nSPS) is 13.9. The van der Waals surface area contributed by atoms with Crippen LogP contribution in [0.15, 0.2) is 72.8 Å². The highest BCUT2D eigenvalue weighted by Gasteiger charge is 2.39. The molecule has 1 atom stereocenters. The Morgan fingerprint density at radius 2 is 1.55 bits per heavy atom. The van der Waals surface area contributed by atoms with Crippen molar-refractivity contribution < 1.29 is 19.2 Å². The first-order valence-electron chi connectivity index (χ1n) is 8.95. The van der Waals surface area contributed by atoms with Crippen LogP contribution in [0.3, 0.4) is 0 Å². The van der Waals surface area contributed by atoms with Crippen molar-refractivity contribution in [3.63, 3.8) is 0 Å². The highest BCUT2D eigenvalue weighted by Crippen LogP contribution is 2.34. The maximum absolute atomic E-state index is 12.9. The van der Waals surface area contributed by atoms with Crippen molar-refractivity contribution >= 4 is 17.5 Å². The SMILES string of the molecule is CC(c1ccccc1)N1C(=O)c2ccc(Oc3cccc([N+](=O)[O-])c3)cc2C1=O. The Bertz CT molecular complexity index is 1130. The molecule has 0 aromatic heterocycles. The van der Waals surface area contributed by atoms with Gasteiger partial charge in [0, 0.05) is 6.07 Å². The largest absolute Gasteiger partial charge is 0.457 e. The van der Waals surface area contributed by atoms with Gasteiger partial charge in [-0.25, -0.2) is 0 Å². The zero-order valence-corrected chi connectivity index (χ0v) is 15.4. The van der Waals surface area contributed by atoms with E-state index >= 15 is 0 Å². The third-order valence-electron chi connectivity index (χ3n) is 4.82. The maximum Gasteiger partial charge on any atom is 0.273 e. The van der Waals surface area contributed by atoms with E-state index in [1.165, 1.54) is 29.2 Å². The summed E-state index contributed by atoms with van der Waals surface area (Å²) in [6.07, 6.45) is 0. The average molecular weight is 388 g/mol. The molecule has 0 saturated carbocycles. The van der Waals surface area contributed by atoms with Gasteiger partial charge in [0.15, 0.2) is 0 Å². The number of benzene rings is 3. The van der Waals surface area contributed by atoms with Crippen LogP contribution in [0, 0.1) is 10.1 Å². The second-order valence-corrected chi connectivity index (χ2v) is 6.63. The number of fused-ring (bicyclic) bond motifs is 1. The molecule has 4 rings (SSSR count). The number of nitro benzene ring substituents is 1. The van der Waals surface area contributed by atoms with Gasteiger partial charge in [0.1, 0.15) is 11.5 Å². The van der Waals surface area contributed by atoms with Gasteiger partial charge in [0.25, 0.3) is 17.5 Å². The Kier molecular flexibility index (Phi) is 4.56. The van der Waals surface area contributed by atoms with Crippen LogP contribution < -0.4 is 4.74 Å². The van der Waals surface area contributed by atoms with Gasteiger partial charge in [0.05, 0.1) is 28.2 Å². The minimum Gasteiger partial charge on any atom is -0.457 e. The standard InChI is InChI=1S/C22H16N2O5/c1-14(15-6-3-2-4-7-15)23-21(25)19-11-10-18(13-20(19)22(23)26)29-17-9-5-8-16(12-17)24(27)28/h2-14H,1H3. The Labute approximate surface area is 166 Å². The first-order valence-corrected chi connectivity index (χ1v) is 8.95. The number of hydrogen-bond acceptors (Lipinski definition) is 5. The number of carbonyl (C=O) groups excluding carboxylic acids is 2. The van der Waals surface area contributed by atoms with Crippen molar-refractivity contribution in [3.8, 4) is 11.5 Å². The summed E-state index contributed by atoms with van der Waals surface area (Å²) in [5, 5.41) is 10.9. The Balaban J connectivity index is 1.62. The number of ether oxygens (including phenoxy) is 1. The molecular formula is C22H16N2O5. The monoisotopic (exact) mass is 388 g/mol. The predicted molar refractivity (Wildman–Crippen MR) is 105 cm³/mol. The van der Waals surface area contributed by atoms with Crippen LogP contribution in [0.4, 0.5) is 5.69 Å². The van der Waals surface area contributed by atoms with E-state index in [1.807, 2.05) is 30.3 Å². The summed E-state index contributed by atoms with van der Waals surface area (Å²) in [6.45, 7) is 1.80. The molecule has 7 heteroatoms. The Hall–Kier alpha value is -4.00. The molecule has 1 aliphatic rings. The molecule has 3 aromatic carbocycles. The van der Waals surface area contributed by atoms with Crippen molar-refractivity contribution in [2.75, 3.05) is 0 Å². The fourth-order valence-corrected chi connectivity index (χ4v) is 3.33. The lowest BCUT2D eigenvalue weighted by Gasteiger charge is -2.22. The molecule has 0 aliphatic carbocycles. The molecule has 2 amide bonds. The van der Waals surface area contributed by atoms with E-state index in [2.05, 4.69) is 0 Å². The van der Waals surface area contributed by atoms with Crippen LogP contribution in [0.2, 0.25) is 0 Å². The average Bonchev–Trinajstić information content (AvgIpc) is 2.98. The molecule has 3 aromatic rings. The molecule has 0 radical (unpaired) electrons. The summed E-state index contributed by atoms with van der Waals surface area (Å²) in [5.41, 5.74) is 1.32. The van der Waals surface area contributed by atoms with E-state index in [-0.39, 0.29) is 22.9 Å². The Morgan fingerprint density at radius 1 is 0.862 bits per heavy atom. The van der Waals surface area contributed by atoms with Crippen molar-refractivity contribution in [3.05, 3.63) is 99.6 Å². The summed E-state index contributed by atoms with van der Waals surface area (Å²) >= 11 is 0. The van der Waals surface area contributed by atoms with Crippen LogP contribution in [0.1, 0.15) is 39.2 Å². The van der Waals surface area contributed by atoms with E-state index in [4.69, 9.17) is 4.74 Å². The molecular weight excluding hydrogens is 372 g/mol. The third kappa shape index (κ3) is 3.34. The minimum atomic E-state index is -0.513. The topological polar surface area (TPSA) is 89.8 Å². The number of hydrogen-bond donors (Lipinski definition) is 0. The van der Waals surface area contributed by atoms with Gasteiger partial charge < -0.3 is 4.74 Å². The van der Waals surface area contributed by atoms with Crippen LogP contribution in [-0.4, -0.2) is 21.6 Å². The van der Waals surface area contributed by atoms with E-state index < -0.39 is 16.9 Å². The van der Waals surface area contributed by atoms with E-state index in [0.29, 0.717) is 11.3 Å². The highest BCUT2D eigenvalue weighted by atomic mass is 16.6. The van der Waals surface area contributed by atoms with Gasteiger partial charge in [-0.3, -0.25) is 24.6 Å². The molecule has 0 saturated heterocycles. The smallest absolute Gasteiger partial charge is 0.273 e. The molecule has 0 N–H and O–H groups in total. The highest BCUT2D eigenvalue weighted by molar-refractivity contribution is 6.21. The van der Waals surface area contributed by atoms with Gasteiger partial charge in [-0.05, 0) is 36.8 Å². The molecule has 0 bridgehead atoms. The van der Waals surface area contributed by atoms with Gasteiger partial charge in [-0.2, -0.15) is 0 Å². The lowest BCUT2D eigenvalue weighted by molar-refractivity contribution is -0.384. The number of imide groups is 1. The summed E-state index contributed by atoms with van der Waals surface area (Å²) in [4.78, 5) is 37.4. The van der Waals surface area contributed by atoms with E-state index in [1.54, 1.807) is 25.1 Å². The lowest BCUT2D eigenvalue weighted by atomic mass is 10.1. The summed E-state index contributed by atoms with van der Waals surface area (Å²) in [7, 11) is 0. The van der Waals surface area contributed by atoms with Crippen LogP contribution in [-0.2, 0) is 0 Å². The first-order chi connectivity index (χ1) is 14.0. The van der Waals surface area contributed by atoms with Gasteiger partial charge >= 0.3 is 0 Å². The molecule has 0 fully saturated rings. The second kappa shape index (κ2) is 7.20. The fraction of sp³-hybridized carbons (Fsp3) is 0.0909. The Morgan fingerprint density at radius 3 is 2.28 bits per heavy atom. The summed E-state index contributed by atoms with van der Waals surface area (Å²) in [5.74, 6) is -0.167. The fourth-order valence-electron chi connectivity index (χ4n) is 3.33. The number of carbonyl (C=O) groups is 2. The van der Waals surface area contributed by atoms with Crippen molar-refractivity contribution in [2.45, 2.75) is 13.0 Å². The quantitative estimate of drug-likeness (QED) is 0.358. The molecule has 1 unspecified atom stereocenters. The van der Waals surface area contributed by atoms with Gasteiger partial charge in [-0.15, -0.1) is 0 Å². The van der Waals surface area contributed by atoms with E-state index in [0.717, 1.165) is 5.56 Å². The van der Waals surface area contributed by atoms with Crippen molar-refractivity contribution in [1.29, 1.82) is 0 Å². The third-order valence-corrected chi connectivity index (χ3v) is 4.82. The van der Waals surface area contributed by atoms with Crippen LogP contribution in [0.25, 0.3) is 0 Å². The van der Waals surface area contributed by atoms with E-state index in [9.17, 15) is 19.7 Å². The minimum absolute atomic E-state index is 0.0993.